The first-order valence-electron chi connectivity index (χ1n) is 12.6. The first kappa shape index (κ1) is 27.7. The van der Waals surface area contributed by atoms with E-state index >= 15 is 0 Å². The van der Waals surface area contributed by atoms with Gasteiger partial charge in [-0.05, 0) is 36.8 Å². The number of hydrogen-bond donors (Lipinski definition) is 0. The van der Waals surface area contributed by atoms with Crippen molar-refractivity contribution in [2.75, 3.05) is 58.5 Å². The Morgan fingerprint density at radius 1 is 1.10 bits per heavy atom. The number of rotatable bonds is 10. The van der Waals surface area contributed by atoms with Crippen LogP contribution in [-0.2, 0) is 16.0 Å². The summed E-state index contributed by atoms with van der Waals surface area (Å²) in [6.07, 6.45) is 1.92. The molecule has 12 heteroatoms. The number of non-ortho nitro benzene ring substituents is 1. The quantitative estimate of drug-likeness (QED) is 0.259. The second kappa shape index (κ2) is 12.5. The fourth-order valence-corrected chi connectivity index (χ4v) is 4.53. The summed E-state index contributed by atoms with van der Waals surface area (Å²) in [6, 6.07) is 11.2. The lowest BCUT2D eigenvalue weighted by molar-refractivity contribution is -0.384. The van der Waals surface area contributed by atoms with E-state index in [4.69, 9.17) is 9.47 Å². The van der Waals surface area contributed by atoms with E-state index in [1.165, 1.54) is 29.3 Å². The molecule has 1 saturated heterocycles. The van der Waals surface area contributed by atoms with Gasteiger partial charge in [0.1, 0.15) is 5.92 Å². The summed E-state index contributed by atoms with van der Waals surface area (Å²) in [7, 11) is 3.15. The third-order valence-corrected chi connectivity index (χ3v) is 6.82. The summed E-state index contributed by atoms with van der Waals surface area (Å²) in [6.45, 7) is 5.80. The molecule has 2 amide bonds. The van der Waals surface area contributed by atoms with E-state index in [0.29, 0.717) is 49.0 Å². The smallest absolute Gasteiger partial charge is 0.269 e. The van der Waals surface area contributed by atoms with Gasteiger partial charge >= 0.3 is 0 Å². The van der Waals surface area contributed by atoms with E-state index in [-0.39, 0.29) is 17.5 Å². The van der Waals surface area contributed by atoms with Crippen LogP contribution in [-0.4, -0.2) is 92.0 Å². The van der Waals surface area contributed by atoms with Crippen molar-refractivity contribution in [1.82, 2.24) is 9.80 Å². The SMILES string of the molecule is COc1ccc(CC(=O)N2CCN(CCN=C[C@@H]3C(=O)N(c4ccc([N+](=O)[O-])cc4)N=C3C)CC2)cc1OC. The van der Waals surface area contributed by atoms with Crippen LogP contribution in [0.25, 0.3) is 0 Å². The summed E-state index contributed by atoms with van der Waals surface area (Å²) < 4.78 is 10.6. The molecule has 0 aromatic heterocycles. The number of nitro groups is 1. The number of methoxy groups -OCH3 is 2. The van der Waals surface area contributed by atoms with Crippen LogP contribution in [0.1, 0.15) is 12.5 Å². The maximum atomic E-state index is 12.9. The zero-order chi connectivity index (χ0) is 27.9. The van der Waals surface area contributed by atoms with Crippen LogP contribution in [0.2, 0.25) is 0 Å². The highest BCUT2D eigenvalue weighted by atomic mass is 16.6. The lowest BCUT2D eigenvalue weighted by Gasteiger charge is -2.34. The average molecular weight is 537 g/mol. The van der Waals surface area contributed by atoms with Gasteiger partial charge < -0.3 is 14.4 Å². The van der Waals surface area contributed by atoms with E-state index in [1.807, 2.05) is 17.0 Å². The van der Waals surface area contributed by atoms with Gasteiger partial charge in [-0.3, -0.25) is 29.6 Å². The largest absolute Gasteiger partial charge is 0.493 e. The third-order valence-electron chi connectivity index (χ3n) is 6.82. The molecule has 0 radical (unpaired) electrons. The zero-order valence-corrected chi connectivity index (χ0v) is 22.3. The molecule has 2 aliphatic rings. The molecule has 1 atom stereocenters. The van der Waals surface area contributed by atoms with Crippen molar-refractivity contribution < 1.29 is 24.0 Å². The molecule has 4 rings (SSSR count). The van der Waals surface area contributed by atoms with Crippen LogP contribution in [0, 0.1) is 16.0 Å². The van der Waals surface area contributed by atoms with E-state index in [0.717, 1.165) is 25.2 Å². The summed E-state index contributed by atoms with van der Waals surface area (Å²) in [5.74, 6) is 0.504. The van der Waals surface area contributed by atoms with Crippen LogP contribution >= 0.6 is 0 Å². The first-order valence-corrected chi connectivity index (χ1v) is 12.6. The van der Waals surface area contributed by atoms with Crippen molar-refractivity contribution in [3.63, 3.8) is 0 Å². The Labute approximate surface area is 226 Å². The molecule has 1 fully saturated rings. The molecular formula is C27H32N6O6. The van der Waals surface area contributed by atoms with Gasteiger partial charge in [0.25, 0.3) is 11.6 Å². The van der Waals surface area contributed by atoms with Gasteiger partial charge in [-0.1, -0.05) is 6.07 Å². The van der Waals surface area contributed by atoms with E-state index in [2.05, 4.69) is 15.0 Å². The van der Waals surface area contributed by atoms with E-state index < -0.39 is 10.8 Å². The molecule has 0 aliphatic carbocycles. The minimum absolute atomic E-state index is 0.0488. The predicted molar refractivity (Wildman–Crippen MR) is 147 cm³/mol. The number of ether oxygens (including phenoxy) is 2. The lowest BCUT2D eigenvalue weighted by atomic mass is 10.1. The molecule has 0 unspecified atom stereocenters. The number of benzene rings is 2. The van der Waals surface area contributed by atoms with Crippen molar-refractivity contribution in [1.29, 1.82) is 0 Å². The second-order valence-corrected chi connectivity index (χ2v) is 9.29. The molecule has 0 saturated carbocycles. The van der Waals surface area contributed by atoms with Crippen LogP contribution in [0.5, 0.6) is 11.5 Å². The molecular weight excluding hydrogens is 504 g/mol. The molecule has 2 aromatic rings. The number of hydrogen-bond acceptors (Lipinski definition) is 9. The van der Waals surface area contributed by atoms with Gasteiger partial charge in [-0.2, -0.15) is 10.1 Å². The fourth-order valence-electron chi connectivity index (χ4n) is 4.53. The highest BCUT2D eigenvalue weighted by Crippen LogP contribution is 2.28. The predicted octanol–water partition coefficient (Wildman–Crippen LogP) is 2.41. The Morgan fingerprint density at radius 3 is 2.44 bits per heavy atom. The van der Waals surface area contributed by atoms with Crippen LogP contribution < -0.4 is 14.5 Å². The second-order valence-electron chi connectivity index (χ2n) is 9.29. The minimum Gasteiger partial charge on any atom is -0.493 e. The Kier molecular flexibility index (Phi) is 8.87. The fraction of sp³-hybridized carbons (Fsp3) is 0.407. The summed E-state index contributed by atoms with van der Waals surface area (Å²) in [4.78, 5) is 44.6. The highest BCUT2D eigenvalue weighted by Gasteiger charge is 2.33. The van der Waals surface area contributed by atoms with E-state index in [9.17, 15) is 19.7 Å². The highest BCUT2D eigenvalue weighted by molar-refractivity contribution is 6.23. The van der Waals surface area contributed by atoms with Crippen LogP contribution in [0.15, 0.2) is 52.6 Å². The van der Waals surface area contributed by atoms with Crippen LogP contribution in [0.3, 0.4) is 0 Å². The third kappa shape index (κ3) is 6.58. The maximum Gasteiger partial charge on any atom is 0.269 e. The molecule has 39 heavy (non-hydrogen) atoms. The van der Waals surface area contributed by atoms with Gasteiger partial charge in [0.2, 0.25) is 5.91 Å². The summed E-state index contributed by atoms with van der Waals surface area (Å²) >= 11 is 0. The van der Waals surface area contributed by atoms with Gasteiger partial charge in [-0.15, -0.1) is 0 Å². The number of nitrogens with zero attached hydrogens (tertiary/aromatic N) is 6. The molecule has 12 nitrogen and oxygen atoms in total. The van der Waals surface area contributed by atoms with Crippen molar-refractivity contribution in [3.05, 3.63) is 58.1 Å². The van der Waals surface area contributed by atoms with Crippen molar-refractivity contribution in [2.24, 2.45) is 16.0 Å². The van der Waals surface area contributed by atoms with Crippen LogP contribution in [0.4, 0.5) is 11.4 Å². The van der Waals surface area contributed by atoms with Gasteiger partial charge in [0.05, 0.1) is 43.5 Å². The molecule has 0 bridgehead atoms. The molecule has 0 N–H and O–H groups in total. The molecule has 206 valence electrons. The Bertz CT molecular complexity index is 1270. The summed E-state index contributed by atoms with van der Waals surface area (Å²) in [5, 5.41) is 16.4. The van der Waals surface area contributed by atoms with Crippen molar-refractivity contribution >= 4 is 35.1 Å². The number of carbonyl (C=O) groups excluding carboxylic acids is 2. The number of anilines is 1. The van der Waals surface area contributed by atoms with Crippen molar-refractivity contribution in [3.8, 4) is 11.5 Å². The molecule has 2 aromatic carbocycles. The zero-order valence-electron chi connectivity index (χ0n) is 22.3. The monoisotopic (exact) mass is 536 g/mol. The van der Waals surface area contributed by atoms with Gasteiger partial charge in [0.15, 0.2) is 11.5 Å². The number of aliphatic imine (C=N–C) groups is 1. The number of piperazine rings is 1. The van der Waals surface area contributed by atoms with Gasteiger partial charge in [-0.25, -0.2) is 0 Å². The minimum atomic E-state index is -0.564. The van der Waals surface area contributed by atoms with Gasteiger partial charge in [0, 0.05) is 51.1 Å². The topological polar surface area (TPSA) is 130 Å². The Balaban J connectivity index is 1.21. The first-order chi connectivity index (χ1) is 18.8. The molecule has 2 heterocycles. The Hall–Kier alpha value is -4.32. The number of amides is 2. The maximum absolute atomic E-state index is 12.9. The lowest BCUT2D eigenvalue weighted by Crippen LogP contribution is -2.49. The number of carbonyl (C=O) groups is 2. The number of hydrazone groups is 1. The average Bonchev–Trinajstić information content (AvgIpc) is 3.23. The normalized spacial score (nSPS) is 18.0. The molecule has 2 aliphatic heterocycles. The Morgan fingerprint density at radius 2 is 1.79 bits per heavy atom. The van der Waals surface area contributed by atoms with E-state index in [1.54, 1.807) is 33.4 Å². The standard InChI is InChI=1S/C27H32N6O6/c1-19-23(27(35)32(29-19)21-5-7-22(8-6-21)33(36)37)18-28-10-11-30-12-14-31(15-13-30)26(34)17-20-4-9-24(38-2)25(16-20)39-3/h4-9,16,18,23H,10-15,17H2,1-3H3/t23-/m0/s1. The summed E-state index contributed by atoms with van der Waals surface area (Å²) in [5.41, 5.74) is 1.91. The molecule has 0 spiro atoms. The van der Waals surface area contributed by atoms with Crippen molar-refractivity contribution in [2.45, 2.75) is 13.3 Å². The number of nitro benzene ring substituents is 1.